The van der Waals surface area contributed by atoms with Gasteiger partial charge >= 0.3 is 5.97 Å². The lowest BCUT2D eigenvalue weighted by Gasteiger charge is -2.15. The van der Waals surface area contributed by atoms with E-state index in [0.29, 0.717) is 25.2 Å². The van der Waals surface area contributed by atoms with E-state index in [2.05, 4.69) is 15.9 Å². The molecule has 0 spiro atoms. The van der Waals surface area contributed by atoms with Crippen LogP contribution in [0.2, 0.25) is 0 Å². The Morgan fingerprint density at radius 2 is 2.06 bits per heavy atom. The van der Waals surface area contributed by atoms with Crippen LogP contribution in [0.3, 0.4) is 0 Å². The lowest BCUT2D eigenvalue weighted by atomic mass is 10.1. The molecular formula is C22H20BrNO5S2. The number of benzene rings is 2. The third-order valence-corrected chi connectivity index (χ3v) is 6.13. The molecule has 2 aromatic rings. The van der Waals surface area contributed by atoms with Crippen molar-refractivity contribution in [2.24, 2.45) is 0 Å². The molecular weight excluding hydrogens is 502 g/mol. The number of thiocarbonyl (C=S) groups is 1. The van der Waals surface area contributed by atoms with Crippen molar-refractivity contribution in [2.75, 3.05) is 25.2 Å². The number of methoxy groups -OCH3 is 1. The van der Waals surface area contributed by atoms with Crippen LogP contribution in [-0.2, 0) is 14.3 Å². The molecule has 0 unspecified atom stereocenters. The first kappa shape index (κ1) is 23.3. The van der Waals surface area contributed by atoms with Gasteiger partial charge in [-0.15, -0.1) is 0 Å². The Morgan fingerprint density at radius 1 is 1.29 bits per heavy atom. The number of hydrogen-bond donors (Lipinski definition) is 0. The third kappa shape index (κ3) is 5.47. The quantitative estimate of drug-likeness (QED) is 0.284. The van der Waals surface area contributed by atoms with Gasteiger partial charge in [-0.25, -0.2) is 4.79 Å². The highest BCUT2D eigenvalue weighted by atomic mass is 79.9. The summed E-state index contributed by atoms with van der Waals surface area (Å²) in [5, 5.41) is 0. The van der Waals surface area contributed by atoms with Crippen LogP contribution in [0.25, 0.3) is 6.08 Å². The maximum absolute atomic E-state index is 13.0. The number of rotatable bonds is 7. The number of nitrogens with zero attached hydrogens (tertiary/aromatic N) is 1. The Morgan fingerprint density at radius 3 is 2.74 bits per heavy atom. The van der Waals surface area contributed by atoms with Crippen molar-refractivity contribution in [1.82, 2.24) is 0 Å². The molecule has 0 radical (unpaired) electrons. The van der Waals surface area contributed by atoms with Crippen LogP contribution >= 0.6 is 39.9 Å². The van der Waals surface area contributed by atoms with Crippen LogP contribution in [0.4, 0.5) is 5.69 Å². The second-order valence-electron chi connectivity index (χ2n) is 6.48. The summed E-state index contributed by atoms with van der Waals surface area (Å²) < 4.78 is 16.9. The molecule has 1 heterocycles. The molecule has 0 saturated carbocycles. The molecule has 0 bridgehead atoms. The maximum atomic E-state index is 13.0. The fraction of sp³-hybridized carbons (Fsp3) is 0.227. The molecule has 1 amide bonds. The standard InChI is InChI=1S/C22H20BrNO5S2/c1-4-28-19(25)12-29-20-16(23)9-14(10-17(20)27-3)11-18-21(26)24(22(30)31-18)15-7-5-6-13(2)8-15/h5-11H,4,12H2,1-3H3/b18-11+. The van der Waals surface area contributed by atoms with Gasteiger partial charge in [0.15, 0.2) is 22.4 Å². The van der Waals surface area contributed by atoms with Crippen LogP contribution in [0.5, 0.6) is 11.5 Å². The summed E-state index contributed by atoms with van der Waals surface area (Å²) in [5.74, 6) is 0.137. The Kier molecular flexibility index (Phi) is 7.74. The number of esters is 1. The summed E-state index contributed by atoms with van der Waals surface area (Å²) >= 11 is 10.1. The molecule has 0 N–H and O–H groups in total. The van der Waals surface area contributed by atoms with E-state index >= 15 is 0 Å². The molecule has 1 aliphatic rings. The summed E-state index contributed by atoms with van der Waals surface area (Å²) in [4.78, 5) is 26.6. The van der Waals surface area contributed by atoms with Gasteiger partial charge < -0.3 is 14.2 Å². The number of hydrogen-bond acceptors (Lipinski definition) is 7. The van der Waals surface area contributed by atoms with Crippen molar-refractivity contribution < 1.29 is 23.8 Å². The molecule has 0 aliphatic carbocycles. The van der Waals surface area contributed by atoms with Gasteiger partial charge in [0.25, 0.3) is 5.91 Å². The van der Waals surface area contributed by atoms with E-state index in [4.69, 9.17) is 26.4 Å². The minimum absolute atomic E-state index is 0.182. The van der Waals surface area contributed by atoms with Gasteiger partial charge in [-0.2, -0.15) is 0 Å². The van der Waals surface area contributed by atoms with Gasteiger partial charge in [0.1, 0.15) is 0 Å². The average Bonchev–Trinajstić information content (AvgIpc) is 3.00. The summed E-state index contributed by atoms with van der Waals surface area (Å²) in [5.41, 5.74) is 2.51. The number of amides is 1. The van der Waals surface area contributed by atoms with Crippen molar-refractivity contribution in [1.29, 1.82) is 0 Å². The van der Waals surface area contributed by atoms with E-state index in [-0.39, 0.29) is 19.1 Å². The highest BCUT2D eigenvalue weighted by Crippen LogP contribution is 2.40. The molecule has 0 atom stereocenters. The summed E-state index contributed by atoms with van der Waals surface area (Å²) in [6.45, 7) is 3.73. The van der Waals surface area contributed by atoms with E-state index in [9.17, 15) is 9.59 Å². The summed E-state index contributed by atoms with van der Waals surface area (Å²) in [7, 11) is 1.50. The van der Waals surface area contributed by atoms with Crippen molar-refractivity contribution in [3.63, 3.8) is 0 Å². The Hall–Kier alpha value is -2.36. The smallest absolute Gasteiger partial charge is 0.344 e. The number of aryl methyl sites for hydroxylation is 1. The minimum Gasteiger partial charge on any atom is -0.493 e. The SMILES string of the molecule is CCOC(=O)COc1c(Br)cc(/C=C2/SC(=S)N(c3cccc(C)c3)C2=O)cc1OC. The van der Waals surface area contributed by atoms with Crippen LogP contribution in [-0.4, -0.2) is 36.5 Å². The average molecular weight is 522 g/mol. The van der Waals surface area contributed by atoms with Crippen molar-refractivity contribution in [2.45, 2.75) is 13.8 Å². The monoisotopic (exact) mass is 521 g/mol. The number of anilines is 1. The topological polar surface area (TPSA) is 65.1 Å². The second-order valence-corrected chi connectivity index (χ2v) is 9.01. The van der Waals surface area contributed by atoms with Gasteiger partial charge in [0.05, 0.1) is 28.8 Å². The molecule has 2 aromatic carbocycles. The second kappa shape index (κ2) is 10.3. The number of carbonyl (C=O) groups is 2. The van der Waals surface area contributed by atoms with Crippen LogP contribution < -0.4 is 14.4 Å². The van der Waals surface area contributed by atoms with Gasteiger partial charge in [-0.1, -0.05) is 36.1 Å². The Labute approximate surface area is 198 Å². The molecule has 1 fully saturated rings. The number of ether oxygens (including phenoxy) is 3. The predicted molar refractivity (Wildman–Crippen MR) is 130 cm³/mol. The van der Waals surface area contributed by atoms with Crippen molar-refractivity contribution in [3.05, 3.63) is 56.9 Å². The van der Waals surface area contributed by atoms with E-state index in [1.165, 1.54) is 23.8 Å². The van der Waals surface area contributed by atoms with Gasteiger partial charge in [-0.3, -0.25) is 9.69 Å². The maximum Gasteiger partial charge on any atom is 0.344 e. The van der Waals surface area contributed by atoms with Crippen LogP contribution in [0, 0.1) is 6.92 Å². The highest BCUT2D eigenvalue weighted by Gasteiger charge is 2.33. The largest absolute Gasteiger partial charge is 0.493 e. The zero-order chi connectivity index (χ0) is 22.5. The van der Waals surface area contributed by atoms with E-state index < -0.39 is 5.97 Å². The van der Waals surface area contributed by atoms with Crippen molar-refractivity contribution in [3.8, 4) is 11.5 Å². The molecule has 162 valence electrons. The summed E-state index contributed by atoms with van der Waals surface area (Å²) in [6, 6.07) is 11.1. The van der Waals surface area contributed by atoms with Gasteiger partial charge in [-0.05, 0) is 71.2 Å². The number of carbonyl (C=O) groups excluding carboxylic acids is 2. The fourth-order valence-corrected chi connectivity index (χ4v) is 4.78. The van der Waals surface area contributed by atoms with Gasteiger partial charge in [0, 0.05) is 0 Å². The van der Waals surface area contributed by atoms with Gasteiger partial charge in [0.2, 0.25) is 0 Å². The lowest BCUT2D eigenvalue weighted by Crippen LogP contribution is -2.27. The molecule has 1 saturated heterocycles. The first-order valence-electron chi connectivity index (χ1n) is 9.34. The normalized spacial score (nSPS) is 14.8. The summed E-state index contributed by atoms with van der Waals surface area (Å²) in [6.07, 6.45) is 1.75. The first-order valence-corrected chi connectivity index (χ1v) is 11.4. The molecule has 31 heavy (non-hydrogen) atoms. The Bertz CT molecular complexity index is 1070. The Balaban J connectivity index is 1.86. The first-order chi connectivity index (χ1) is 14.8. The fourth-order valence-electron chi connectivity index (χ4n) is 2.91. The molecule has 3 rings (SSSR count). The molecule has 1 aliphatic heterocycles. The van der Waals surface area contributed by atoms with E-state index in [1.807, 2.05) is 31.2 Å². The van der Waals surface area contributed by atoms with E-state index in [0.717, 1.165) is 16.8 Å². The molecule has 6 nitrogen and oxygen atoms in total. The van der Waals surface area contributed by atoms with Crippen molar-refractivity contribution >= 4 is 67.9 Å². The highest BCUT2D eigenvalue weighted by molar-refractivity contribution is 9.10. The zero-order valence-corrected chi connectivity index (χ0v) is 20.4. The van der Waals surface area contributed by atoms with Crippen LogP contribution in [0.15, 0.2) is 45.8 Å². The molecule has 9 heteroatoms. The number of halogens is 1. The number of thioether (sulfide) groups is 1. The third-order valence-electron chi connectivity index (χ3n) is 4.24. The predicted octanol–water partition coefficient (Wildman–Crippen LogP) is 5.11. The molecule has 0 aromatic heterocycles. The van der Waals surface area contributed by atoms with Crippen LogP contribution in [0.1, 0.15) is 18.1 Å². The minimum atomic E-state index is -0.472. The van der Waals surface area contributed by atoms with E-state index in [1.54, 1.807) is 25.1 Å². The zero-order valence-electron chi connectivity index (χ0n) is 17.1. The lowest BCUT2D eigenvalue weighted by molar-refractivity contribution is -0.145.